The molecule has 1 fully saturated rings. The Morgan fingerprint density at radius 3 is 2.89 bits per heavy atom. The van der Waals surface area contributed by atoms with Gasteiger partial charge >= 0.3 is 0 Å². The van der Waals surface area contributed by atoms with E-state index in [4.69, 9.17) is 4.74 Å². The third-order valence-corrected chi connectivity index (χ3v) is 3.23. The lowest BCUT2D eigenvalue weighted by Crippen LogP contribution is -2.45. The van der Waals surface area contributed by atoms with Crippen LogP contribution in [0.5, 0.6) is 5.88 Å². The molecule has 0 atom stereocenters. The fourth-order valence-electron chi connectivity index (χ4n) is 2.11. The van der Waals surface area contributed by atoms with Crippen LogP contribution in [0.25, 0.3) is 0 Å². The summed E-state index contributed by atoms with van der Waals surface area (Å²) in [6.07, 6.45) is 4.73. The predicted octanol–water partition coefficient (Wildman–Crippen LogP) is 1.82. The maximum atomic E-state index is 5.51. The SMILES string of the molecule is CCCOc1cc(NC2(C)CCNCC2)ncn1. The zero-order valence-corrected chi connectivity index (χ0v) is 11.2. The highest BCUT2D eigenvalue weighted by Crippen LogP contribution is 2.23. The van der Waals surface area contributed by atoms with Crippen molar-refractivity contribution in [3.63, 3.8) is 0 Å². The average Bonchev–Trinajstić information content (AvgIpc) is 2.37. The first-order valence-corrected chi connectivity index (χ1v) is 6.66. The maximum Gasteiger partial charge on any atom is 0.218 e. The third-order valence-electron chi connectivity index (χ3n) is 3.23. The highest BCUT2D eigenvalue weighted by molar-refractivity contribution is 5.40. The first kappa shape index (κ1) is 13.1. The summed E-state index contributed by atoms with van der Waals surface area (Å²) in [7, 11) is 0. The minimum atomic E-state index is 0.113. The van der Waals surface area contributed by atoms with Gasteiger partial charge in [0, 0.05) is 11.6 Å². The second kappa shape index (κ2) is 6.00. The van der Waals surface area contributed by atoms with E-state index in [2.05, 4.69) is 34.4 Å². The molecule has 0 radical (unpaired) electrons. The molecule has 5 heteroatoms. The van der Waals surface area contributed by atoms with Crippen molar-refractivity contribution in [2.75, 3.05) is 25.0 Å². The Morgan fingerprint density at radius 1 is 1.39 bits per heavy atom. The molecule has 1 saturated heterocycles. The van der Waals surface area contributed by atoms with Crippen molar-refractivity contribution < 1.29 is 4.74 Å². The number of rotatable bonds is 5. The molecule has 0 unspecified atom stereocenters. The van der Waals surface area contributed by atoms with Crippen molar-refractivity contribution in [3.05, 3.63) is 12.4 Å². The number of aromatic nitrogens is 2. The van der Waals surface area contributed by atoms with Crippen LogP contribution in [-0.2, 0) is 0 Å². The first-order valence-electron chi connectivity index (χ1n) is 6.66. The predicted molar refractivity (Wildman–Crippen MR) is 71.9 cm³/mol. The fraction of sp³-hybridized carbons (Fsp3) is 0.692. The van der Waals surface area contributed by atoms with Crippen LogP contribution < -0.4 is 15.4 Å². The van der Waals surface area contributed by atoms with Crippen molar-refractivity contribution in [2.45, 2.75) is 38.6 Å². The molecule has 0 bridgehead atoms. The molecule has 1 aromatic rings. The van der Waals surface area contributed by atoms with Gasteiger partial charge in [-0.2, -0.15) is 0 Å². The number of hydrogen-bond acceptors (Lipinski definition) is 5. The summed E-state index contributed by atoms with van der Waals surface area (Å²) in [5.74, 6) is 1.49. The van der Waals surface area contributed by atoms with E-state index in [9.17, 15) is 0 Å². The Labute approximate surface area is 108 Å². The molecule has 2 rings (SSSR count). The Bertz CT molecular complexity index is 377. The number of piperidine rings is 1. The van der Waals surface area contributed by atoms with Gasteiger partial charge in [-0.1, -0.05) is 6.92 Å². The topological polar surface area (TPSA) is 59.1 Å². The summed E-state index contributed by atoms with van der Waals surface area (Å²) in [4.78, 5) is 8.37. The average molecular weight is 250 g/mol. The number of ether oxygens (including phenoxy) is 1. The smallest absolute Gasteiger partial charge is 0.218 e. The van der Waals surface area contributed by atoms with Gasteiger partial charge in [0.05, 0.1) is 6.61 Å². The Morgan fingerprint density at radius 2 is 2.17 bits per heavy atom. The molecule has 0 saturated carbocycles. The second-order valence-electron chi connectivity index (χ2n) is 5.03. The van der Waals surface area contributed by atoms with Crippen molar-refractivity contribution in [3.8, 4) is 5.88 Å². The molecule has 0 aromatic carbocycles. The summed E-state index contributed by atoms with van der Waals surface area (Å²) < 4.78 is 5.51. The summed E-state index contributed by atoms with van der Waals surface area (Å²) >= 11 is 0. The summed E-state index contributed by atoms with van der Waals surface area (Å²) in [5, 5.41) is 6.87. The fourth-order valence-corrected chi connectivity index (χ4v) is 2.11. The molecule has 0 spiro atoms. The second-order valence-corrected chi connectivity index (χ2v) is 5.03. The third kappa shape index (κ3) is 3.57. The van der Waals surface area contributed by atoms with Crippen molar-refractivity contribution in [1.29, 1.82) is 0 Å². The van der Waals surface area contributed by atoms with Crippen molar-refractivity contribution in [1.82, 2.24) is 15.3 Å². The molecular formula is C13H22N4O. The Hall–Kier alpha value is -1.36. The van der Waals surface area contributed by atoms with E-state index >= 15 is 0 Å². The van der Waals surface area contributed by atoms with Gasteiger partial charge in [0.2, 0.25) is 5.88 Å². The highest BCUT2D eigenvalue weighted by atomic mass is 16.5. The largest absolute Gasteiger partial charge is 0.478 e. The van der Waals surface area contributed by atoms with E-state index in [0.29, 0.717) is 12.5 Å². The highest BCUT2D eigenvalue weighted by Gasteiger charge is 2.26. The Kier molecular flexibility index (Phi) is 4.36. The summed E-state index contributed by atoms with van der Waals surface area (Å²) in [6, 6.07) is 1.88. The van der Waals surface area contributed by atoms with Gasteiger partial charge in [0.1, 0.15) is 12.1 Å². The van der Waals surface area contributed by atoms with Crippen LogP contribution >= 0.6 is 0 Å². The maximum absolute atomic E-state index is 5.51. The zero-order chi connectivity index (χ0) is 12.8. The quantitative estimate of drug-likeness (QED) is 0.834. The molecule has 0 aliphatic carbocycles. The van der Waals surface area contributed by atoms with E-state index in [-0.39, 0.29) is 5.54 Å². The lowest BCUT2D eigenvalue weighted by molar-refractivity contribution is 0.304. The first-order chi connectivity index (χ1) is 8.72. The molecule has 0 amide bonds. The van der Waals surface area contributed by atoms with Crippen LogP contribution in [-0.4, -0.2) is 35.2 Å². The summed E-state index contributed by atoms with van der Waals surface area (Å²) in [5.41, 5.74) is 0.113. The van der Waals surface area contributed by atoms with Crippen LogP contribution in [0, 0.1) is 0 Å². The molecule has 5 nitrogen and oxygen atoms in total. The van der Waals surface area contributed by atoms with Gasteiger partial charge in [0.15, 0.2) is 0 Å². The van der Waals surface area contributed by atoms with Crippen LogP contribution in [0.1, 0.15) is 33.1 Å². The molecular weight excluding hydrogens is 228 g/mol. The monoisotopic (exact) mass is 250 g/mol. The number of nitrogens with zero attached hydrogens (tertiary/aromatic N) is 2. The molecule has 2 N–H and O–H groups in total. The minimum absolute atomic E-state index is 0.113. The molecule has 18 heavy (non-hydrogen) atoms. The molecule has 1 aromatic heterocycles. The summed E-state index contributed by atoms with van der Waals surface area (Å²) in [6.45, 7) is 7.11. The molecule has 2 heterocycles. The van der Waals surface area contributed by atoms with Crippen molar-refractivity contribution >= 4 is 5.82 Å². The van der Waals surface area contributed by atoms with Crippen LogP contribution in [0.15, 0.2) is 12.4 Å². The van der Waals surface area contributed by atoms with Gasteiger partial charge in [-0.05, 0) is 39.3 Å². The van der Waals surface area contributed by atoms with Crippen molar-refractivity contribution in [2.24, 2.45) is 0 Å². The molecule has 100 valence electrons. The molecule has 1 aliphatic heterocycles. The molecule has 1 aliphatic rings. The van der Waals surface area contributed by atoms with E-state index in [1.807, 2.05) is 6.07 Å². The minimum Gasteiger partial charge on any atom is -0.478 e. The van der Waals surface area contributed by atoms with Gasteiger partial charge < -0.3 is 15.4 Å². The van der Waals surface area contributed by atoms with E-state index in [1.165, 1.54) is 0 Å². The van der Waals surface area contributed by atoms with Crippen LogP contribution in [0.3, 0.4) is 0 Å². The van der Waals surface area contributed by atoms with Crippen LogP contribution in [0.2, 0.25) is 0 Å². The number of nitrogens with one attached hydrogen (secondary N) is 2. The van der Waals surface area contributed by atoms with Gasteiger partial charge in [-0.15, -0.1) is 0 Å². The van der Waals surface area contributed by atoms with E-state index in [1.54, 1.807) is 6.33 Å². The van der Waals surface area contributed by atoms with Gasteiger partial charge in [-0.3, -0.25) is 0 Å². The lowest BCUT2D eigenvalue weighted by Gasteiger charge is -2.35. The number of anilines is 1. The standard InChI is InChI=1S/C13H22N4O/c1-3-8-18-12-9-11(15-10-16-12)17-13(2)4-6-14-7-5-13/h9-10,14H,3-8H2,1-2H3,(H,15,16,17). The van der Waals surface area contributed by atoms with E-state index < -0.39 is 0 Å². The number of hydrogen-bond donors (Lipinski definition) is 2. The van der Waals surface area contributed by atoms with Gasteiger partial charge in [-0.25, -0.2) is 9.97 Å². The van der Waals surface area contributed by atoms with E-state index in [0.717, 1.165) is 38.2 Å². The Balaban J connectivity index is 1.99. The zero-order valence-electron chi connectivity index (χ0n) is 11.2. The van der Waals surface area contributed by atoms with Gasteiger partial charge in [0.25, 0.3) is 0 Å². The lowest BCUT2D eigenvalue weighted by atomic mass is 9.91. The van der Waals surface area contributed by atoms with Crippen LogP contribution in [0.4, 0.5) is 5.82 Å². The normalized spacial score (nSPS) is 18.3.